The maximum Gasteiger partial charge on any atom is 0.359 e. The van der Waals surface area contributed by atoms with Crippen LogP contribution in [-0.2, 0) is 0 Å². The number of hydrogen-bond donors (Lipinski definition) is 0. The van der Waals surface area contributed by atoms with Crippen LogP contribution >= 0.6 is 11.9 Å². The summed E-state index contributed by atoms with van der Waals surface area (Å²) in [7, 11) is 0. The van der Waals surface area contributed by atoms with Crippen molar-refractivity contribution < 1.29 is 0 Å². The van der Waals surface area contributed by atoms with Crippen LogP contribution in [0, 0.1) is 0 Å². The molecule has 0 N–H and O–H groups in total. The maximum atomic E-state index is 11.2. The summed E-state index contributed by atoms with van der Waals surface area (Å²) in [6.07, 6.45) is 6.31. The Bertz CT molecular complexity index is 495. The Kier molecular flexibility index (Phi) is 1.97. The minimum atomic E-state index is -0.307. The van der Waals surface area contributed by atoms with Crippen molar-refractivity contribution in [3.8, 4) is 0 Å². The molecule has 2 aromatic rings. The molecule has 2 aromatic heterocycles. The Labute approximate surface area is 78.0 Å². The van der Waals surface area contributed by atoms with Crippen LogP contribution in [0.2, 0.25) is 0 Å². The molecule has 2 heterocycles. The van der Waals surface area contributed by atoms with Crippen LogP contribution in [0.3, 0.4) is 0 Å². The van der Waals surface area contributed by atoms with Crippen molar-refractivity contribution in [1.29, 1.82) is 0 Å². The summed E-state index contributed by atoms with van der Waals surface area (Å²) in [4.78, 5) is 22.8. The van der Waals surface area contributed by atoms with Crippen LogP contribution in [0.4, 0.5) is 0 Å². The summed E-state index contributed by atoms with van der Waals surface area (Å²) in [5.41, 5.74) is 0.293. The zero-order valence-corrected chi connectivity index (χ0v) is 7.65. The molecule has 0 unspecified atom stereocenters. The molecular formula is C7H6N4OS. The molecule has 0 amide bonds. The van der Waals surface area contributed by atoms with Crippen LogP contribution in [0.25, 0.3) is 11.0 Å². The van der Waals surface area contributed by atoms with Crippen molar-refractivity contribution in [1.82, 2.24) is 18.9 Å². The fraction of sp³-hybridized carbons (Fsp3) is 0.143. The minimum Gasteiger partial charge on any atom is -0.245 e. The normalized spacial score (nSPS) is 10.5. The van der Waals surface area contributed by atoms with Crippen LogP contribution in [0.15, 0.2) is 23.5 Å². The highest BCUT2D eigenvalue weighted by molar-refractivity contribution is 7.97. The maximum absolute atomic E-state index is 11.2. The number of fused-ring (bicyclic) bond motifs is 1. The van der Waals surface area contributed by atoms with Gasteiger partial charge in [0.15, 0.2) is 5.65 Å². The second-order valence-corrected chi connectivity index (χ2v) is 3.05. The molecule has 0 aliphatic carbocycles. The SMILES string of the molecule is CSn1c(=O)ncc2cncnc21. The minimum absolute atomic E-state index is 0.307. The van der Waals surface area contributed by atoms with Crippen molar-refractivity contribution in [2.45, 2.75) is 0 Å². The van der Waals surface area contributed by atoms with Gasteiger partial charge in [-0.1, -0.05) is 0 Å². The number of aromatic nitrogens is 4. The number of rotatable bonds is 1. The molecule has 0 saturated carbocycles. The van der Waals surface area contributed by atoms with Crippen molar-refractivity contribution in [3.63, 3.8) is 0 Å². The molecule has 13 heavy (non-hydrogen) atoms. The molecule has 2 rings (SSSR count). The van der Waals surface area contributed by atoms with E-state index in [1.165, 1.54) is 28.4 Å². The summed E-state index contributed by atoms with van der Waals surface area (Å²) < 4.78 is 1.43. The van der Waals surface area contributed by atoms with Crippen LogP contribution < -0.4 is 5.69 Å². The standard InChI is InChI=1S/C7H6N4OS/c1-13-11-6-5(2-8-4-10-6)3-9-7(11)12/h2-4H,1H3. The summed E-state index contributed by atoms with van der Waals surface area (Å²) in [5.74, 6) is 0. The lowest BCUT2D eigenvalue weighted by molar-refractivity contribution is 1.03. The Morgan fingerprint density at radius 2 is 2.23 bits per heavy atom. The molecule has 0 spiro atoms. The summed E-state index contributed by atoms with van der Waals surface area (Å²) in [6, 6.07) is 0. The molecule has 0 saturated heterocycles. The third-order valence-corrected chi connectivity index (χ3v) is 2.28. The summed E-state index contributed by atoms with van der Waals surface area (Å²) in [5, 5.41) is 0.761. The van der Waals surface area contributed by atoms with Crippen LogP contribution in [0.5, 0.6) is 0 Å². The van der Waals surface area contributed by atoms with Crippen molar-refractivity contribution in [3.05, 3.63) is 29.2 Å². The molecule has 66 valence electrons. The predicted octanol–water partition coefficient (Wildman–Crippen LogP) is 0.313. The van der Waals surface area contributed by atoms with Crippen LogP contribution in [-0.4, -0.2) is 25.2 Å². The topological polar surface area (TPSA) is 60.7 Å². The van der Waals surface area contributed by atoms with Gasteiger partial charge in [0.2, 0.25) is 0 Å². The lowest BCUT2D eigenvalue weighted by Crippen LogP contribution is -2.18. The van der Waals surface area contributed by atoms with Crippen molar-refractivity contribution in [2.24, 2.45) is 0 Å². The quantitative estimate of drug-likeness (QED) is 0.654. The smallest absolute Gasteiger partial charge is 0.245 e. The Morgan fingerprint density at radius 3 is 3.00 bits per heavy atom. The molecule has 0 atom stereocenters. The highest BCUT2D eigenvalue weighted by atomic mass is 32.2. The van der Waals surface area contributed by atoms with Gasteiger partial charge in [-0.15, -0.1) is 0 Å². The van der Waals surface area contributed by atoms with Gasteiger partial charge < -0.3 is 0 Å². The monoisotopic (exact) mass is 194 g/mol. The first kappa shape index (κ1) is 8.18. The molecule has 0 aromatic carbocycles. The van der Waals surface area contributed by atoms with E-state index in [9.17, 15) is 4.79 Å². The number of hydrogen-bond acceptors (Lipinski definition) is 5. The van der Waals surface area contributed by atoms with Crippen molar-refractivity contribution in [2.75, 3.05) is 6.26 Å². The molecular weight excluding hydrogens is 188 g/mol. The zero-order valence-electron chi connectivity index (χ0n) is 6.84. The van der Waals surface area contributed by atoms with Gasteiger partial charge >= 0.3 is 5.69 Å². The van der Waals surface area contributed by atoms with Gasteiger partial charge in [-0.05, 0) is 11.9 Å². The van der Waals surface area contributed by atoms with Gasteiger partial charge in [0.25, 0.3) is 0 Å². The number of nitrogens with zero attached hydrogens (tertiary/aromatic N) is 4. The lowest BCUT2D eigenvalue weighted by Gasteiger charge is -2.01. The molecule has 0 aliphatic rings. The fourth-order valence-corrected chi connectivity index (χ4v) is 1.56. The Morgan fingerprint density at radius 1 is 1.38 bits per heavy atom. The first-order valence-electron chi connectivity index (χ1n) is 3.55. The van der Waals surface area contributed by atoms with Gasteiger partial charge in [-0.3, -0.25) is 0 Å². The van der Waals surface area contributed by atoms with E-state index in [0.717, 1.165) is 5.39 Å². The first-order chi connectivity index (χ1) is 6.33. The van der Waals surface area contributed by atoms with E-state index in [4.69, 9.17) is 0 Å². The molecule has 6 heteroatoms. The third-order valence-electron chi connectivity index (χ3n) is 1.58. The van der Waals surface area contributed by atoms with E-state index in [1.54, 1.807) is 12.5 Å². The van der Waals surface area contributed by atoms with Gasteiger partial charge in [0, 0.05) is 18.6 Å². The summed E-state index contributed by atoms with van der Waals surface area (Å²) in [6.45, 7) is 0. The Balaban J connectivity index is 2.92. The van der Waals surface area contributed by atoms with Gasteiger partial charge in [-0.2, -0.15) is 4.98 Å². The molecule has 0 bridgehead atoms. The average molecular weight is 194 g/mol. The van der Waals surface area contributed by atoms with Gasteiger partial charge in [0.1, 0.15) is 6.33 Å². The van der Waals surface area contributed by atoms with E-state index < -0.39 is 0 Å². The molecule has 0 fully saturated rings. The highest BCUT2D eigenvalue weighted by Gasteiger charge is 2.02. The van der Waals surface area contributed by atoms with Gasteiger partial charge in [-0.25, -0.2) is 18.7 Å². The lowest BCUT2D eigenvalue weighted by atomic mass is 10.4. The molecule has 5 nitrogen and oxygen atoms in total. The fourth-order valence-electron chi connectivity index (χ4n) is 1.03. The predicted molar refractivity (Wildman–Crippen MR) is 50.5 cm³/mol. The first-order valence-corrected chi connectivity index (χ1v) is 4.73. The van der Waals surface area contributed by atoms with E-state index in [1.807, 2.05) is 0 Å². The zero-order chi connectivity index (χ0) is 9.26. The summed E-state index contributed by atoms with van der Waals surface area (Å²) >= 11 is 1.28. The van der Waals surface area contributed by atoms with Gasteiger partial charge in [0.05, 0.1) is 5.39 Å². The highest BCUT2D eigenvalue weighted by Crippen LogP contribution is 2.08. The van der Waals surface area contributed by atoms with E-state index in [-0.39, 0.29) is 5.69 Å². The van der Waals surface area contributed by atoms with E-state index in [2.05, 4.69) is 15.0 Å². The van der Waals surface area contributed by atoms with E-state index in [0.29, 0.717) is 5.65 Å². The largest absolute Gasteiger partial charge is 0.359 e. The van der Waals surface area contributed by atoms with Crippen LogP contribution in [0.1, 0.15) is 0 Å². The second kappa shape index (κ2) is 3.14. The molecule has 0 radical (unpaired) electrons. The van der Waals surface area contributed by atoms with E-state index >= 15 is 0 Å². The second-order valence-electron chi connectivity index (χ2n) is 2.32. The molecule has 0 aliphatic heterocycles. The average Bonchev–Trinajstić information content (AvgIpc) is 2.18. The van der Waals surface area contributed by atoms with Crippen molar-refractivity contribution >= 4 is 23.0 Å². The third kappa shape index (κ3) is 1.29. The Hall–Kier alpha value is -1.43.